The number of nitrogens with one attached hydrogen (secondary N) is 1. The molecule has 0 unspecified atom stereocenters. The Labute approximate surface area is 182 Å². The average molecular weight is 445 g/mol. The van der Waals surface area contributed by atoms with Gasteiger partial charge in [0.1, 0.15) is 11.6 Å². The molecular formula is C20H15BCl2N2O5. The number of carbonyl (C=O) groups excluding carboxylic acids is 2. The van der Waals surface area contributed by atoms with Crippen LogP contribution < -0.4 is 16.2 Å². The van der Waals surface area contributed by atoms with Crippen molar-refractivity contribution in [1.82, 2.24) is 4.98 Å². The van der Waals surface area contributed by atoms with E-state index in [9.17, 15) is 14.7 Å². The quantitative estimate of drug-likeness (QED) is 0.344. The molecule has 0 saturated carbocycles. The molecule has 0 fully saturated rings. The van der Waals surface area contributed by atoms with E-state index in [0.717, 1.165) is 0 Å². The molecule has 0 aliphatic heterocycles. The topological polar surface area (TPSA) is 97.8 Å². The van der Waals surface area contributed by atoms with Gasteiger partial charge in [0, 0.05) is 17.0 Å². The molecule has 0 saturated heterocycles. The van der Waals surface area contributed by atoms with Gasteiger partial charge in [0.25, 0.3) is 0 Å². The first-order chi connectivity index (χ1) is 14.3. The van der Waals surface area contributed by atoms with Gasteiger partial charge in [0.15, 0.2) is 5.69 Å². The molecule has 1 heterocycles. The zero-order valence-electron chi connectivity index (χ0n) is 15.6. The van der Waals surface area contributed by atoms with Crippen LogP contribution in [0.25, 0.3) is 0 Å². The first-order valence-corrected chi connectivity index (χ1v) is 9.45. The molecule has 2 aromatic carbocycles. The molecule has 1 amide bonds. The smallest absolute Gasteiger partial charge is 0.421 e. The third kappa shape index (κ3) is 5.51. The molecule has 0 atom stereocenters. The number of hydrogen-bond acceptors (Lipinski definition) is 6. The fourth-order valence-corrected chi connectivity index (χ4v) is 3.02. The van der Waals surface area contributed by atoms with Crippen LogP contribution in [0.15, 0.2) is 60.7 Å². The molecule has 0 bridgehead atoms. The van der Waals surface area contributed by atoms with E-state index >= 15 is 0 Å². The number of amides is 1. The van der Waals surface area contributed by atoms with Crippen molar-refractivity contribution in [2.24, 2.45) is 0 Å². The second-order valence-corrected chi connectivity index (χ2v) is 7.08. The Balaban J connectivity index is 1.85. The number of anilines is 1. The molecular weight excluding hydrogens is 430 g/mol. The van der Waals surface area contributed by atoms with E-state index in [2.05, 4.69) is 10.3 Å². The number of aromatic hydroxyl groups is 1. The van der Waals surface area contributed by atoms with Crippen molar-refractivity contribution < 1.29 is 24.4 Å². The van der Waals surface area contributed by atoms with Gasteiger partial charge < -0.3 is 15.3 Å². The first-order valence-electron chi connectivity index (χ1n) is 8.69. The first kappa shape index (κ1) is 21.6. The highest BCUT2D eigenvalue weighted by molar-refractivity contribution is 6.80. The van der Waals surface area contributed by atoms with Crippen LogP contribution in [-0.2, 0) is 14.5 Å². The number of hydrogen-bond donors (Lipinski definition) is 2. The van der Waals surface area contributed by atoms with Crippen LogP contribution in [0, 0.1) is 0 Å². The fraction of sp³-hybridized carbons (Fsp3) is 0.0500. The molecule has 3 aromatic rings. The lowest BCUT2D eigenvalue weighted by molar-refractivity contribution is -0.152. The van der Waals surface area contributed by atoms with Gasteiger partial charge in [0.05, 0.1) is 0 Å². The maximum absolute atomic E-state index is 12.5. The monoisotopic (exact) mass is 444 g/mol. The van der Waals surface area contributed by atoms with Crippen molar-refractivity contribution in [3.05, 3.63) is 76.4 Å². The molecule has 30 heavy (non-hydrogen) atoms. The summed E-state index contributed by atoms with van der Waals surface area (Å²) in [4.78, 5) is 37.9. The third-order valence-electron chi connectivity index (χ3n) is 3.89. The number of rotatable bonds is 6. The molecule has 152 valence electrons. The Hall–Kier alpha value is -3.07. The molecule has 0 aliphatic rings. The highest BCUT2D eigenvalue weighted by Gasteiger charge is 2.27. The summed E-state index contributed by atoms with van der Waals surface area (Å²) in [6.45, 7) is 0.447. The standard InChI is InChI=1S/C20H15BCl2N2O5/c1-12(26)24-18-9-8-17(27)19(25-18)20(28)29-30-21(13-4-2-6-15(22)10-13)14-5-3-7-16(23)11-14/h2-11,27H,1H3,(H,24,25,26). The molecule has 7 nitrogen and oxygen atoms in total. The van der Waals surface area contributed by atoms with E-state index in [1.54, 1.807) is 48.5 Å². The Morgan fingerprint density at radius 2 is 1.60 bits per heavy atom. The van der Waals surface area contributed by atoms with E-state index in [1.807, 2.05) is 0 Å². The van der Waals surface area contributed by atoms with Crippen molar-refractivity contribution in [1.29, 1.82) is 0 Å². The zero-order valence-corrected chi connectivity index (χ0v) is 17.1. The lowest BCUT2D eigenvalue weighted by atomic mass is 9.56. The minimum absolute atomic E-state index is 0.0773. The van der Waals surface area contributed by atoms with Crippen LogP contribution >= 0.6 is 23.2 Å². The molecule has 0 radical (unpaired) electrons. The fourth-order valence-electron chi connectivity index (χ4n) is 2.63. The van der Waals surface area contributed by atoms with Gasteiger partial charge in [-0.2, -0.15) is 0 Å². The number of benzene rings is 2. The van der Waals surface area contributed by atoms with Crippen LogP contribution in [0.1, 0.15) is 17.4 Å². The SMILES string of the molecule is CC(=O)Nc1ccc(O)c(C(=O)OOB(c2cccc(Cl)c2)c2cccc(Cl)c2)n1. The summed E-state index contributed by atoms with van der Waals surface area (Å²) in [5.41, 5.74) is 0.806. The van der Waals surface area contributed by atoms with Crippen LogP contribution in [0.3, 0.4) is 0 Å². The zero-order chi connectivity index (χ0) is 21.7. The second-order valence-electron chi connectivity index (χ2n) is 6.20. The summed E-state index contributed by atoms with van der Waals surface area (Å²) < 4.78 is 0. The van der Waals surface area contributed by atoms with Crippen molar-refractivity contribution in [2.45, 2.75) is 6.92 Å². The lowest BCUT2D eigenvalue weighted by Gasteiger charge is -2.14. The maximum atomic E-state index is 12.5. The molecule has 3 rings (SSSR count). The van der Waals surface area contributed by atoms with Crippen LogP contribution in [0.2, 0.25) is 10.0 Å². The van der Waals surface area contributed by atoms with Crippen molar-refractivity contribution in [2.75, 3.05) is 5.32 Å². The third-order valence-corrected chi connectivity index (χ3v) is 4.36. The van der Waals surface area contributed by atoms with Gasteiger partial charge in [-0.05, 0) is 47.3 Å². The Bertz CT molecular complexity index is 1050. The number of carbonyl (C=O) groups is 2. The highest BCUT2D eigenvalue weighted by Crippen LogP contribution is 2.19. The minimum Gasteiger partial charge on any atom is -0.505 e. The summed E-state index contributed by atoms with van der Waals surface area (Å²) in [6, 6.07) is 16.2. The van der Waals surface area contributed by atoms with Gasteiger partial charge in [-0.3, -0.25) is 4.79 Å². The van der Waals surface area contributed by atoms with E-state index in [4.69, 9.17) is 32.9 Å². The van der Waals surface area contributed by atoms with Gasteiger partial charge in [-0.25, -0.2) is 14.6 Å². The minimum atomic E-state index is -1.05. The Morgan fingerprint density at radius 1 is 1.00 bits per heavy atom. The predicted molar refractivity (Wildman–Crippen MR) is 115 cm³/mol. The van der Waals surface area contributed by atoms with Gasteiger partial charge >= 0.3 is 12.9 Å². The average Bonchev–Trinajstić information content (AvgIpc) is 2.69. The number of nitrogens with zero attached hydrogens (tertiary/aromatic N) is 1. The lowest BCUT2D eigenvalue weighted by Crippen LogP contribution is -2.45. The van der Waals surface area contributed by atoms with E-state index in [-0.39, 0.29) is 11.7 Å². The number of aromatic nitrogens is 1. The van der Waals surface area contributed by atoms with Crippen LogP contribution in [0.5, 0.6) is 5.75 Å². The second kappa shape index (κ2) is 9.62. The van der Waals surface area contributed by atoms with E-state index < -0.39 is 24.3 Å². The predicted octanol–water partition coefficient (Wildman–Crippen LogP) is 2.95. The summed E-state index contributed by atoms with van der Waals surface area (Å²) in [6.07, 6.45) is 0. The summed E-state index contributed by atoms with van der Waals surface area (Å²) in [7, 11) is 0. The number of halogens is 2. The summed E-state index contributed by atoms with van der Waals surface area (Å²) in [5, 5.41) is 13.3. The van der Waals surface area contributed by atoms with Crippen LogP contribution in [-0.4, -0.2) is 28.9 Å². The molecule has 2 N–H and O–H groups in total. The normalized spacial score (nSPS) is 10.4. The highest BCUT2D eigenvalue weighted by atomic mass is 35.5. The van der Waals surface area contributed by atoms with Crippen molar-refractivity contribution in [3.63, 3.8) is 0 Å². The molecule has 10 heteroatoms. The van der Waals surface area contributed by atoms with Gasteiger partial charge in [0.2, 0.25) is 5.91 Å². The van der Waals surface area contributed by atoms with Gasteiger partial charge in [-0.15, -0.1) is 0 Å². The summed E-state index contributed by atoms with van der Waals surface area (Å²) in [5.74, 6) is -1.78. The number of pyridine rings is 1. The Morgan fingerprint density at radius 3 is 2.13 bits per heavy atom. The van der Waals surface area contributed by atoms with E-state index in [1.165, 1.54) is 19.1 Å². The van der Waals surface area contributed by atoms with Crippen molar-refractivity contribution in [3.8, 4) is 5.75 Å². The largest absolute Gasteiger partial charge is 0.505 e. The van der Waals surface area contributed by atoms with Crippen molar-refractivity contribution >= 4 is 58.7 Å². The summed E-state index contributed by atoms with van der Waals surface area (Å²) >= 11 is 12.2. The van der Waals surface area contributed by atoms with E-state index in [0.29, 0.717) is 21.0 Å². The Kier molecular flexibility index (Phi) is 6.94. The van der Waals surface area contributed by atoms with Crippen LogP contribution in [0.4, 0.5) is 5.82 Å². The molecule has 1 aromatic heterocycles. The molecule has 0 spiro atoms. The maximum Gasteiger partial charge on any atom is 0.421 e. The van der Waals surface area contributed by atoms with Gasteiger partial charge in [-0.1, -0.05) is 47.5 Å². The molecule has 0 aliphatic carbocycles.